The van der Waals surface area contributed by atoms with Gasteiger partial charge in [0.2, 0.25) is 11.9 Å². The van der Waals surface area contributed by atoms with Crippen LogP contribution in [0.3, 0.4) is 0 Å². The molecule has 0 atom stereocenters. The van der Waals surface area contributed by atoms with Gasteiger partial charge in [0.25, 0.3) is 0 Å². The molecule has 0 radical (unpaired) electrons. The van der Waals surface area contributed by atoms with E-state index in [1.54, 1.807) is 12.1 Å². The lowest BCUT2D eigenvalue weighted by atomic mass is 9.73. The molecular formula is C38H40FN5O. The third kappa shape index (κ3) is 5.39. The van der Waals surface area contributed by atoms with Gasteiger partial charge in [-0.3, -0.25) is 9.69 Å². The van der Waals surface area contributed by atoms with E-state index in [0.717, 1.165) is 97.8 Å². The fraction of sp³-hybridized carbons (Fsp3) is 0.316. The van der Waals surface area contributed by atoms with Crippen molar-refractivity contribution >= 4 is 22.9 Å². The van der Waals surface area contributed by atoms with E-state index in [1.165, 1.54) is 17.6 Å². The van der Waals surface area contributed by atoms with Crippen molar-refractivity contribution in [3.8, 4) is 11.1 Å². The van der Waals surface area contributed by atoms with Crippen molar-refractivity contribution in [3.63, 3.8) is 0 Å². The van der Waals surface area contributed by atoms with Gasteiger partial charge in [0, 0.05) is 39.3 Å². The van der Waals surface area contributed by atoms with E-state index in [4.69, 9.17) is 4.98 Å². The highest BCUT2D eigenvalue weighted by Crippen LogP contribution is 2.51. The summed E-state index contributed by atoms with van der Waals surface area (Å²) in [6, 6.07) is 31.4. The molecule has 7 heteroatoms. The number of benzene rings is 4. The number of carbonyl (C=O) groups excluding carboxylic acids is 1. The Labute approximate surface area is 264 Å². The summed E-state index contributed by atoms with van der Waals surface area (Å²) in [5.41, 5.74) is 6.81. The molecule has 2 heterocycles. The third-order valence-corrected chi connectivity index (χ3v) is 9.70. The van der Waals surface area contributed by atoms with E-state index in [0.29, 0.717) is 6.54 Å². The summed E-state index contributed by atoms with van der Waals surface area (Å²) < 4.78 is 15.8. The molecule has 0 saturated carbocycles. The highest BCUT2D eigenvalue weighted by Gasteiger charge is 2.48. The molecule has 0 spiro atoms. The summed E-state index contributed by atoms with van der Waals surface area (Å²) in [6.07, 6.45) is 2.68. The molecule has 1 aliphatic carbocycles. The highest BCUT2D eigenvalue weighted by atomic mass is 19.1. The lowest BCUT2D eigenvalue weighted by molar-refractivity contribution is -0.125. The Bertz CT molecular complexity index is 1760. The molecule has 45 heavy (non-hydrogen) atoms. The first-order valence-corrected chi connectivity index (χ1v) is 16.2. The highest BCUT2D eigenvalue weighted by molar-refractivity contribution is 6.00. The topological polar surface area (TPSA) is 53.4 Å². The maximum atomic E-state index is 14.3. The van der Waals surface area contributed by atoms with Crippen molar-refractivity contribution in [1.82, 2.24) is 19.8 Å². The number of carbonyl (C=O) groups is 1. The maximum absolute atomic E-state index is 14.3. The van der Waals surface area contributed by atoms with Crippen LogP contribution in [-0.2, 0) is 23.3 Å². The van der Waals surface area contributed by atoms with Crippen molar-refractivity contribution in [2.75, 3.05) is 37.6 Å². The van der Waals surface area contributed by atoms with Gasteiger partial charge in [-0.1, -0.05) is 79.2 Å². The zero-order chi connectivity index (χ0) is 30.8. The van der Waals surface area contributed by atoms with E-state index in [9.17, 15) is 9.18 Å². The molecule has 6 nitrogen and oxygen atoms in total. The van der Waals surface area contributed by atoms with Crippen molar-refractivity contribution in [1.29, 1.82) is 0 Å². The zero-order valence-corrected chi connectivity index (χ0v) is 25.9. The smallest absolute Gasteiger partial charge is 0.235 e. The van der Waals surface area contributed by atoms with Crippen LogP contribution in [0, 0.1) is 5.82 Å². The van der Waals surface area contributed by atoms with Gasteiger partial charge < -0.3 is 14.8 Å². The van der Waals surface area contributed by atoms with Gasteiger partial charge in [0.1, 0.15) is 11.2 Å². The minimum atomic E-state index is -0.759. The number of unbranched alkanes of at least 4 members (excludes halogenated alkanes) is 1. The van der Waals surface area contributed by atoms with Crippen LogP contribution in [0.5, 0.6) is 0 Å². The number of halogens is 1. The number of nitrogens with zero attached hydrogens (tertiary/aromatic N) is 4. The van der Waals surface area contributed by atoms with Crippen LogP contribution in [0.1, 0.15) is 42.9 Å². The van der Waals surface area contributed by atoms with Gasteiger partial charge in [-0.15, -0.1) is 0 Å². The molecular weight excluding hydrogens is 561 g/mol. The summed E-state index contributed by atoms with van der Waals surface area (Å²) in [6.45, 7) is 8.38. The summed E-state index contributed by atoms with van der Waals surface area (Å²) in [5, 5.41) is 3.23. The number of aryl methyl sites for hydroxylation is 1. The second kappa shape index (κ2) is 12.5. The Balaban J connectivity index is 1.03. The minimum Gasteiger partial charge on any atom is -0.351 e. The number of para-hydroxylation sites is 2. The van der Waals surface area contributed by atoms with Gasteiger partial charge in [-0.2, -0.15) is 0 Å². The number of fused-ring (bicyclic) bond motifs is 4. The first-order valence-electron chi connectivity index (χ1n) is 16.2. The Morgan fingerprint density at radius 3 is 2.16 bits per heavy atom. The standard InChI is InChI=1S/C38H40FN5O/c1-2-44-35-16-8-7-15-34(35)41-37(44)43-25-23-42(24-26-43)22-10-9-21-38(36(45)40-27-28-17-19-29(39)20-18-28)32-13-5-3-11-30(32)31-12-4-6-14-33(31)38/h3-8,11-20H,2,9-10,21-27H2,1H3,(H,40,45). The molecule has 230 valence electrons. The number of aromatic nitrogens is 2. The van der Waals surface area contributed by atoms with Crippen molar-refractivity contribution in [2.24, 2.45) is 0 Å². The Kier molecular flexibility index (Phi) is 8.11. The van der Waals surface area contributed by atoms with Crippen LogP contribution < -0.4 is 10.2 Å². The van der Waals surface area contributed by atoms with Crippen LogP contribution in [0.25, 0.3) is 22.2 Å². The molecule has 1 amide bonds. The predicted molar refractivity (Wildman–Crippen MR) is 179 cm³/mol. The number of amides is 1. The van der Waals surface area contributed by atoms with Gasteiger partial charge in [0.15, 0.2) is 0 Å². The third-order valence-electron chi connectivity index (χ3n) is 9.70. The van der Waals surface area contributed by atoms with Crippen LogP contribution in [0.2, 0.25) is 0 Å². The maximum Gasteiger partial charge on any atom is 0.235 e. The van der Waals surface area contributed by atoms with Crippen molar-refractivity contribution in [2.45, 2.75) is 44.7 Å². The van der Waals surface area contributed by atoms with Crippen LogP contribution in [0.4, 0.5) is 10.3 Å². The zero-order valence-electron chi connectivity index (χ0n) is 25.9. The second-order valence-electron chi connectivity index (χ2n) is 12.2. The number of anilines is 1. The molecule has 2 aliphatic rings. The van der Waals surface area contributed by atoms with E-state index >= 15 is 0 Å². The lowest BCUT2D eigenvalue weighted by Crippen LogP contribution is -2.47. The van der Waals surface area contributed by atoms with Crippen LogP contribution in [0.15, 0.2) is 97.1 Å². The number of hydrogen-bond donors (Lipinski definition) is 1. The average Bonchev–Trinajstić information content (AvgIpc) is 3.61. The number of hydrogen-bond acceptors (Lipinski definition) is 4. The molecule has 0 bridgehead atoms. The Morgan fingerprint density at radius 1 is 0.822 bits per heavy atom. The van der Waals surface area contributed by atoms with E-state index < -0.39 is 5.41 Å². The summed E-state index contributed by atoms with van der Waals surface area (Å²) >= 11 is 0. The summed E-state index contributed by atoms with van der Waals surface area (Å²) in [7, 11) is 0. The van der Waals surface area contributed by atoms with Crippen molar-refractivity contribution in [3.05, 3.63) is 120 Å². The number of rotatable bonds is 10. The number of piperazine rings is 1. The fourth-order valence-corrected chi connectivity index (χ4v) is 7.40. The van der Waals surface area contributed by atoms with Crippen molar-refractivity contribution < 1.29 is 9.18 Å². The summed E-state index contributed by atoms with van der Waals surface area (Å²) in [4.78, 5) is 24.2. The molecule has 1 aliphatic heterocycles. The molecule has 1 aromatic heterocycles. The SMILES string of the molecule is CCn1c(N2CCN(CCCCC3(C(=O)NCc4ccc(F)cc4)c4ccccc4-c4ccccc43)CC2)nc2ccccc21. The van der Waals surface area contributed by atoms with Crippen LogP contribution in [-0.4, -0.2) is 53.1 Å². The normalized spacial score (nSPS) is 15.6. The van der Waals surface area contributed by atoms with E-state index in [1.807, 2.05) is 12.1 Å². The quantitative estimate of drug-likeness (QED) is 0.180. The molecule has 1 N–H and O–H groups in total. The minimum absolute atomic E-state index is 0.0108. The lowest BCUT2D eigenvalue weighted by Gasteiger charge is -2.36. The molecule has 5 aromatic rings. The monoisotopic (exact) mass is 601 g/mol. The first kappa shape index (κ1) is 29.2. The van der Waals surface area contributed by atoms with Gasteiger partial charge in [-0.25, -0.2) is 9.37 Å². The Morgan fingerprint density at radius 2 is 1.47 bits per heavy atom. The summed E-state index contributed by atoms with van der Waals surface area (Å²) in [5.74, 6) is 0.810. The molecule has 0 unspecified atom stereocenters. The first-order chi connectivity index (χ1) is 22.1. The van der Waals surface area contributed by atoms with E-state index in [-0.39, 0.29) is 11.7 Å². The number of imidazole rings is 1. The largest absolute Gasteiger partial charge is 0.351 e. The van der Waals surface area contributed by atoms with Gasteiger partial charge in [-0.05, 0) is 78.4 Å². The molecule has 1 fully saturated rings. The van der Waals surface area contributed by atoms with Crippen LogP contribution >= 0.6 is 0 Å². The van der Waals surface area contributed by atoms with Gasteiger partial charge in [0.05, 0.1) is 11.0 Å². The van der Waals surface area contributed by atoms with E-state index in [2.05, 4.69) is 87.3 Å². The predicted octanol–water partition coefficient (Wildman–Crippen LogP) is 6.77. The molecule has 7 rings (SSSR count). The molecule has 1 saturated heterocycles. The van der Waals surface area contributed by atoms with Gasteiger partial charge >= 0.3 is 0 Å². The fourth-order valence-electron chi connectivity index (χ4n) is 7.40. The second-order valence-corrected chi connectivity index (χ2v) is 12.2. The average molecular weight is 602 g/mol. The molecule has 4 aromatic carbocycles. The Hall–Kier alpha value is -4.49. The number of nitrogens with one attached hydrogen (secondary N) is 1.